The Kier molecular flexibility index (Phi) is 6.46. The van der Waals surface area contributed by atoms with Crippen molar-refractivity contribution in [2.75, 3.05) is 19.7 Å². The van der Waals surface area contributed by atoms with E-state index in [1.54, 1.807) is 17.9 Å². The number of alkyl halides is 3. The van der Waals surface area contributed by atoms with Crippen molar-refractivity contribution in [3.05, 3.63) is 41.1 Å². The highest BCUT2D eigenvalue weighted by Crippen LogP contribution is 2.29. The summed E-state index contributed by atoms with van der Waals surface area (Å²) in [5, 5.41) is 0. The molecule has 0 bridgehead atoms. The SMILES string of the molecule is CCOC(=O)C(=Cc1ccc(C(F)(F)F)cc1)N(CC)CC. The number of carbonyl (C=O) groups is 1. The van der Waals surface area contributed by atoms with E-state index in [0.717, 1.165) is 12.1 Å². The summed E-state index contributed by atoms with van der Waals surface area (Å²) in [5.41, 5.74) is 0.139. The highest BCUT2D eigenvalue weighted by atomic mass is 19.4. The van der Waals surface area contributed by atoms with Gasteiger partial charge in [-0.3, -0.25) is 0 Å². The second kappa shape index (κ2) is 7.87. The van der Waals surface area contributed by atoms with Crippen molar-refractivity contribution < 1.29 is 22.7 Å². The van der Waals surface area contributed by atoms with Crippen molar-refractivity contribution in [3.63, 3.8) is 0 Å². The third-order valence-electron chi connectivity index (χ3n) is 3.13. The van der Waals surface area contributed by atoms with Gasteiger partial charge >= 0.3 is 12.1 Å². The first kappa shape index (κ1) is 18.1. The van der Waals surface area contributed by atoms with Crippen molar-refractivity contribution in [2.24, 2.45) is 0 Å². The van der Waals surface area contributed by atoms with Gasteiger partial charge in [0.1, 0.15) is 5.70 Å². The molecule has 1 rings (SSSR count). The van der Waals surface area contributed by atoms with Crippen LogP contribution in [-0.2, 0) is 15.7 Å². The molecule has 0 amide bonds. The first-order valence-electron chi connectivity index (χ1n) is 7.14. The number of rotatable bonds is 6. The van der Waals surface area contributed by atoms with Crippen LogP contribution in [0.25, 0.3) is 6.08 Å². The summed E-state index contributed by atoms with van der Waals surface area (Å²) < 4.78 is 42.7. The molecule has 0 aromatic heterocycles. The maximum atomic E-state index is 12.6. The summed E-state index contributed by atoms with van der Waals surface area (Å²) in [5.74, 6) is -0.480. The zero-order valence-corrected chi connectivity index (χ0v) is 12.9. The molecule has 0 heterocycles. The minimum atomic E-state index is -4.37. The largest absolute Gasteiger partial charge is 0.461 e. The second-order valence-electron chi connectivity index (χ2n) is 4.54. The van der Waals surface area contributed by atoms with E-state index < -0.39 is 17.7 Å². The number of ether oxygens (including phenoxy) is 1. The number of nitrogens with zero attached hydrogens (tertiary/aromatic N) is 1. The van der Waals surface area contributed by atoms with E-state index in [0.29, 0.717) is 24.4 Å². The molecule has 0 radical (unpaired) electrons. The summed E-state index contributed by atoms with van der Waals surface area (Å²) in [6.07, 6.45) is -2.82. The lowest BCUT2D eigenvalue weighted by Crippen LogP contribution is -2.28. The molecule has 0 fully saturated rings. The van der Waals surface area contributed by atoms with Gasteiger partial charge in [0.2, 0.25) is 0 Å². The Morgan fingerprint density at radius 1 is 1.14 bits per heavy atom. The summed E-state index contributed by atoms with van der Waals surface area (Å²) in [6.45, 7) is 6.93. The molecular formula is C16H20F3NO2. The molecule has 0 N–H and O–H groups in total. The van der Waals surface area contributed by atoms with Crippen LogP contribution in [0.4, 0.5) is 13.2 Å². The Labute approximate surface area is 128 Å². The molecule has 3 nitrogen and oxygen atoms in total. The molecule has 1 aromatic carbocycles. The van der Waals surface area contributed by atoms with Gasteiger partial charge in [0.05, 0.1) is 12.2 Å². The fourth-order valence-corrected chi connectivity index (χ4v) is 1.97. The van der Waals surface area contributed by atoms with Gasteiger partial charge in [-0.15, -0.1) is 0 Å². The Bertz CT molecular complexity index is 517. The van der Waals surface area contributed by atoms with Gasteiger partial charge in [-0.25, -0.2) is 4.79 Å². The second-order valence-corrected chi connectivity index (χ2v) is 4.54. The van der Waals surface area contributed by atoms with Crippen molar-refractivity contribution in [2.45, 2.75) is 26.9 Å². The zero-order valence-electron chi connectivity index (χ0n) is 12.9. The van der Waals surface area contributed by atoms with Gasteiger partial charge in [-0.05, 0) is 44.5 Å². The lowest BCUT2D eigenvalue weighted by molar-refractivity contribution is -0.140. The summed E-state index contributed by atoms with van der Waals surface area (Å²) in [6, 6.07) is 4.67. The maximum Gasteiger partial charge on any atom is 0.416 e. The lowest BCUT2D eigenvalue weighted by atomic mass is 10.1. The van der Waals surface area contributed by atoms with Gasteiger partial charge in [0.15, 0.2) is 0 Å². The molecule has 0 atom stereocenters. The smallest absolute Gasteiger partial charge is 0.416 e. The molecule has 0 saturated heterocycles. The van der Waals surface area contributed by atoms with Crippen LogP contribution in [0, 0.1) is 0 Å². The Balaban J connectivity index is 3.13. The summed E-state index contributed by atoms with van der Waals surface area (Å²) in [7, 11) is 0. The molecular weight excluding hydrogens is 295 g/mol. The minimum absolute atomic E-state index is 0.241. The molecule has 0 aliphatic carbocycles. The van der Waals surface area contributed by atoms with Gasteiger partial charge in [-0.1, -0.05) is 12.1 Å². The van der Waals surface area contributed by atoms with Crippen molar-refractivity contribution in [3.8, 4) is 0 Å². The summed E-state index contributed by atoms with van der Waals surface area (Å²) in [4.78, 5) is 13.8. The highest BCUT2D eigenvalue weighted by Gasteiger charge is 2.29. The third-order valence-corrected chi connectivity index (χ3v) is 3.13. The number of likely N-dealkylation sites (N-methyl/N-ethyl adjacent to an activating group) is 1. The number of hydrogen-bond donors (Lipinski definition) is 0. The molecule has 0 aliphatic heterocycles. The first-order chi connectivity index (χ1) is 10.3. The van der Waals surface area contributed by atoms with Crippen LogP contribution in [0.5, 0.6) is 0 Å². The van der Waals surface area contributed by atoms with Crippen LogP contribution in [0.15, 0.2) is 30.0 Å². The topological polar surface area (TPSA) is 29.5 Å². The van der Waals surface area contributed by atoms with E-state index >= 15 is 0 Å². The lowest BCUT2D eigenvalue weighted by Gasteiger charge is -2.23. The molecule has 122 valence electrons. The van der Waals surface area contributed by atoms with Crippen LogP contribution in [0.1, 0.15) is 31.9 Å². The minimum Gasteiger partial charge on any atom is -0.461 e. The predicted molar refractivity (Wildman–Crippen MR) is 79.0 cm³/mol. The van der Waals surface area contributed by atoms with E-state index in [1.165, 1.54) is 12.1 Å². The molecule has 0 spiro atoms. The van der Waals surface area contributed by atoms with Gasteiger partial charge in [0, 0.05) is 13.1 Å². The van der Waals surface area contributed by atoms with Crippen LogP contribution >= 0.6 is 0 Å². The molecule has 6 heteroatoms. The molecule has 22 heavy (non-hydrogen) atoms. The number of esters is 1. The Hall–Kier alpha value is -1.98. The highest BCUT2D eigenvalue weighted by molar-refractivity contribution is 5.93. The van der Waals surface area contributed by atoms with Gasteiger partial charge in [0.25, 0.3) is 0 Å². The van der Waals surface area contributed by atoms with E-state index in [2.05, 4.69) is 0 Å². The van der Waals surface area contributed by atoms with E-state index in [9.17, 15) is 18.0 Å². The third kappa shape index (κ3) is 4.79. The number of benzene rings is 1. The van der Waals surface area contributed by atoms with Crippen LogP contribution in [-0.4, -0.2) is 30.6 Å². The normalized spacial score (nSPS) is 12.2. The monoisotopic (exact) mass is 315 g/mol. The van der Waals surface area contributed by atoms with Gasteiger partial charge in [-0.2, -0.15) is 13.2 Å². The molecule has 0 aliphatic rings. The fourth-order valence-electron chi connectivity index (χ4n) is 1.97. The Morgan fingerprint density at radius 2 is 1.68 bits per heavy atom. The van der Waals surface area contributed by atoms with E-state index in [4.69, 9.17) is 4.74 Å². The molecule has 0 saturated carbocycles. The van der Waals surface area contributed by atoms with Gasteiger partial charge < -0.3 is 9.64 Å². The van der Waals surface area contributed by atoms with Crippen LogP contribution < -0.4 is 0 Å². The standard InChI is InChI=1S/C16H20F3NO2/c1-4-20(5-2)14(15(21)22-6-3)11-12-7-9-13(10-8-12)16(17,18)19/h7-11H,4-6H2,1-3H3. The van der Waals surface area contributed by atoms with Crippen molar-refractivity contribution >= 4 is 12.0 Å². The first-order valence-corrected chi connectivity index (χ1v) is 7.14. The molecule has 0 unspecified atom stereocenters. The van der Waals surface area contributed by atoms with Crippen LogP contribution in [0.3, 0.4) is 0 Å². The quantitative estimate of drug-likeness (QED) is 0.588. The predicted octanol–water partition coefficient (Wildman–Crippen LogP) is 3.95. The average Bonchev–Trinajstić information content (AvgIpc) is 2.47. The Morgan fingerprint density at radius 3 is 2.09 bits per heavy atom. The molecule has 1 aromatic rings. The van der Waals surface area contributed by atoms with E-state index in [-0.39, 0.29) is 6.61 Å². The summed E-state index contributed by atoms with van der Waals surface area (Å²) >= 11 is 0. The van der Waals surface area contributed by atoms with Crippen molar-refractivity contribution in [1.29, 1.82) is 0 Å². The number of halogens is 3. The van der Waals surface area contributed by atoms with E-state index in [1.807, 2.05) is 13.8 Å². The number of hydrogen-bond acceptors (Lipinski definition) is 3. The van der Waals surface area contributed by atoms with Crippen molar-refractivity contribution in [1.82, 2.24) is 4.90 Å². The fraction of sp³-hybridized carbons (Fsp3) is 0.438. The number of carbonyl (C=O) groups excluding carboxylic acids is 1. The average molecular weight is 315 g/mol. The zero-order chi connectivity index (χ0) is 16.8. The van der Waals surface area contributed by atoms with Crippen LogP contribution in [0.2, 0.25) is 0 Å². The maximum absolute atomic E-state index is 12.6.